The van der Waals surface area contributed by atoms with E-state index >= 15 is 0 Å². The normalized spacial score (nSPS) is 10.8. The lowest BCUT2D eigenvalue weighted by Gasteiger charge is -2.18. The van der Waals surface area contributed by atoms with Crippen molar-refractivity contribution < 1.29 is 13.9 Å². The third-order valence-corrected chi connectivity index (χ3v) is 4.19. The Bertz CT molecular complexity index is 841. The van der Waals surface area contributed by atoms with Crippen LogP contribution in [0.5, 0.6) is 0 Å². The van der Waals surface area contributed by atoms with Crippen molar-refractivity contribution in [2.45, 2.75) is 19.4 Å². The van der Waals surface area contributed by atoms with Gasteiger partial charge in [0, 0.05) is 42.7 Å². The molecule has 0 fully saturated rings. The number of rotatable bonds is 10. The van der Waals surface area contributed by atoms with E-state index in [2.05, 4.69) is 14.9 Å². The van der Waals surface area contributed by atoms with Crippen LogP contribution < -0.4 is 10.6 Å². The number of carbonyl (C=O) groups excluding carboxylic acids is 1. The zero-order chi connectivity index (χ0) is 21.4. The lowest BCUT2D eigenvalue weighted by molar-refractivity contribution is -0.143. The predicted octanol–water partition coefficient (Wildman–Crippen LogP) is 2.04. The van der Waals surface area contributed by atoms with Crippen LogP contribution in [0.25, 0.3) is 11.1 Å². The van der Waals surface area contributed by atoms with E-state index in [-0.39, 0.29) is 24.4 Å². The second-order valence-corrected chi connectivity index (χ2v) is 6.99. The van der Waals surface area contributed by atoms with Gasteiger partial charge in [-0.05, 0) is 27.1 Å². The van der Waals surface area contributed by atoms with Gasteiger partial charge in [-0.3, -0.25) is 10.2 Å². The summed E-state index contributed by atoms with van der Waals surface area (Å²) in [6, 6.07) is 4.83. The lowest BCUT2D eigenvalue weighted by atomic mass is 10.1. The van der Waals surface area contributed by atoms with Gasteiger partial charge >= 0.3 is 5.97 Å². The number of nitrogens with zero attached hydrogens (tertiary/aromatic N) is 4. The van der Waals surface area contributed by atoms with Crippen molar-refractivity contribution in [1.29, 1.82) is 5.41 Å². The van der Waals surface area contributed by atoms with Gasteiger partial charge in [0.1, 0.15) is 24.7 Å². The highest BCUT2D eigenvalue weighted by atomic mass is 19.1. The maximum absolute atomic E-state index is 14.8. The molecule has 156 valence electrons. The molecule has 0 unspecified atom stereocenters. The Morgan fingerprint density at radius 3 is 2.52 bits per heavy atom. The molecule has 8 nitrogen and oxygen atoms in total. The Hall–Kier alpha value is -3.07. The zero-order valence-corrected chi connectivity index (χ0v) is 17.0. The second kappa shape index (κ2) is 10.5. The monoisotopic (exact) mass is 402 g/mol. The molecule has 0 spiro atoms. The molecule has 0 aliphatic carbocycles. The number of esters is 1. The average molecular weight is 402 g/mol. The maximum Gasteiger partial charge on any atom is 0.313 e. The fourth-order valence-corrected chi connectivity index (χ4v) is 2.66. The molecule has 0 saturated heterocycles. The first-order chi connectivity index (χ1) is 13.8. The van der Waals surface area contributed by atoms with Gasteiger partial charge in [0.15, 0.2) is 0 Å². The summed E-state index contributed by atoms with van der Waals surface area (Å²) in [4.78, 5) is 24.3. The van der Waals surface area contributed by atoms with E-state index in [1.807, 2.05) is 26.0 Å². The molecule has 0 atom stereocenters. The molecular weight excluding hydrogens is 375 g/mol. The Labute approximate surface area is 170 Å². The second-order valence-electron chi connectivity index (χ2n) is 6.99. The summed E-state index contributed by atoms with van der Waals surface area (Å²) < 4.78 is 19.8. The molecule has 1 aromatic heterocycles. The molecule has 0 aliphatic heterocycles. The van der Waals surface area contributed by atoms with Gasteiger partial charge in [0.25, 0.3) is 0 Å². The number of benzene rings is 1. The van der Waals surface area contributed by atoms with Crippen molar-refractivity contribution >= 4 is 17.8 Å². The Morgan fingerprint density at radius 2 is 1.90 bits per heavy atom. The number of hydrogen-bond donors (Lipinski definition) is 2. The number of halogens is 1. The zero-order valence-electron chi connectivity index (χ0n) is 17.0. The highest BCUT2D eigenvalue weighted by molar-refractivity contribution is 5.94. The number of nitrogens with two attached hydrogens (primary N) is 1. The fourth-order valence-electron chi connectivity index (χ4n) is 2.66. The van der Waals surface area contributed by atoms with E-state index in [0.29, 0.717) is 17.1 Å². The number of ether oxygens (including phenoxy) is 1. The molecule has 1 heterocycles. The van der Waals surface area contributed by atoms with Crippen LogP contribution in [0.4, 0.5) is 10.3 Å². The first-order valence-corrected chi connectivity index (χ1v) is 9.22. The SMILES string of the molecule is CN(C)CCCN(C)c1ncc(-c2cccc(COC(=O)CC(=N)N)c2F)cn1. The molecule has 0 radical (unpaired) electrons. The maximum atomic E-state index is 14.8. The summed E-state index contributed by atoms with van der Waals surface area (Å²) in [5.41, 5.74) is 6.24. The first-order valence-electron chi connectivity index (χ1n) is 9.22. The van der Waals surface area contributed by atoms with Gasteiger partial charge in [0.2, 0.25) is 5.95 Å². The van der Waals surface area contributed by atoms with Gasteiger partial charge in [-0.25, -0.2) is 14.4 Å². The van der Waals surface area contributed by atoms with Crippen LogP contribution in [0.3, 0.4) is 0 Å². The molecule has 0 bridgehead atoms. The number of carbonyl (C=O) groups is 1. The van der Waals surface area contributed by atoms with Crippen LogP contribution >= 0.6 is 0 Å². The number of anilines is 1. The summed E-state index contributed by atoms with van der Waals surface area (Å²) >= 11 is 0. The van der Waals surface area contributed by atoms with E-state index in [1.165, 1.54) is 6.07 Å². The largest absolute Gasteiger partial charge is 0.460 e. The minimum Gasteiger partial charge on any atom is -0.460 e. The Balaban J connectivity index is 2.06. The molecule has 2 rings (SSSR count). The van der Waals surface area contributed by atoms with E-state index in [4.69, 9.17) is 15.9 Å². The number of amidine groups is 1. The lowest BCUT2D eigenvalue weighted by Crippen LogP contribution is -2.24. The van der Waals surface area contributed by atoms with E-state index < -0.39 is 11.8 Å². The molecule has 3 N–H and O–H groups in total. The molecule has 0 aliphatic rings. The number of aromatic nitrogens is 2. The van der Waals surface area contributed by atoms with Gasteiger partial charge < -0.3 is 20.3 Å². The first kappa shape index (κ1) is 22.2. The number of nitrogens with one attached hydrogen (secondary N) is 1. The van der Waals surface area contributed by atoms with E-state index in [9.17, 15) is 9.18 Å². The van der Waals surface area contributed by atoms with Crippen LogP contribution in [-0.4, -0.2) is 60.9 Å². The molecule has 9 heteroatoms. The van der Waals surface area contributed by atoms with Gasteiger partial charge in [-0.15, -0.1) is 0 Å². The molecule has 29 heavy (non-hydrogen) atoms. The Morgan fingerprint density at radius 1 is 1.21 bits per heavy atom. The molecule has 2 aromatic rings. The van der Waals surface area contributed by atoms with Crippen LogP contribution in [0, 0.1) is 11.2 Å². The minimum absolute atomic E-state index is 0.226. The van der Waals surface area contributed by atoms with Crippen molar-refractivity contribution in [3.63, 3.8) is 0 Å². The molecule has 1 aromatic carbocycles. The van der Waals surface area contributed by atoms with Gasteiger partial charge in [0.05, 0.1) is 0 Å². The molecule has 0 saturated carbocycles. The van der Waals surface area contributed by atoms with Crippen molar-refractivity contribution in [3.05, 3.63) is 42.0 Å². The molecular formula is C20H27FN6O2. The van der Waals surface area contributed by atoms with Gasteiger partial charge in [-0.2, -0.15) is 0 Å². The smallest absolute Gasteiger partial charge is 0.313 e. The summed E-state index contributed by atoms with van der Waals surface area (Å²) in [5.74, 6) is -0.901. The highest BCUT2D eigenvalue weighted by Crippen LogP contribution is 2.25. The third-order valence-electron chi connectivity index (χ3n) is 4.19. The van der Waals surface area contributed by atoms with E-state index in [1.54, 1.807) is 24.5 Å². The quantitative estimate of drug-likeness (QED) is 0.356. The van der Waals surface area contributed by atoms with Crippen LogP contribution in [0.1, 0.15) is 18.4 Å². The van der Waals surface area contributed by atoms with Crippen molar-refractivity contribution in [2.24, 2.45) is 5.73 Å². The highest BCUT2D eigenvalue weighted by Gasteiger charge is 2.14. The standard InChI is InChI=1S/C20H27FN6O2/c1-26(2)8-5-9-27(3)20-24-11-15(12-25-20)16-7-4-6-14(19(16)21)13-29-18(28)10-17(22)23/h4,6-7,11-12H,5,8-10,13H2,1-3H3,(H3,22,23). The summed E-state index contributed by atoms with van der Waals surface area (Å²) in [6.07, 6.45) is 3.82. The average Bonchev–Trinajstić information content (AvgIpc) is 2.66. The van der Waals surface area contributed by atoms with Crippen LogP contribution in [-0.2, 0) is 16.1 Å². The minimum atomic E-state index is -0.674. The van der Waals surface area contributed by atoms with Crippen LogP contribution in [0.2, 0.25) is 0 Å². The Kier molecular flexibility index (Phi) is 8.02. The summed E-state index contributed by atoms with van der Waals surface area (Å²) in [7, 11) is 5.97. The predicted molar refractivity (Wildman–Crippen MR) is 110 cm³/mol. The number of hydrogen-bond acceptors (Lipinski definition) is 7. The third kappa shape index (κ3) is 6.79. The van der Waals surface area contributed by atoms with Crippen molar-refractivity contribution in [3.8, 4) is 11.1 Å². The van der Waals surface area contributed by atoms with Crippen molar-refractivity contribution in [2.75, 3.05) is 39.1 Å². The van der Waals surface area contributed by atoms with Crippen LogP contribution in [0.15, 0.2) is 30.6 Å². The fraction of sp³-hybridized carbons (Fsp3) is 0.400. The van der Waals surface area contributed by atoms with E-state index in [0.717, 1.165) is 19.5 Å². The molecule has 0 amide bonds. The van der Waals surface area contributed by atoms with Crippen molar-refractivity contribution in [1.82, 2.24) is 14.9 Å². The topological polar surface area (TPSA) is 108 Å². The summed E-state index contributed by atoms with van der Waals surface area (Å²) in [5, 5.41) is 7.08. The summed E-state index contributed by atoms with van der Waals surface area (Å²) in [6.45, 7) is 1.55. The van der Waals surface area contributed by atoms with Gasteiger partial charge in [-0.1, -0.05) is 18.2 Å².